The van der Waals surface area contributed by atoms with Gasteiger partial charge in [-0.15, -0.1) is 0 Å². The SMILES string of the molecule is Cc1cc(O)n(C(C)C)c(=O)c1C#N. The van der Waals surface area contributed by atoms with Crippen molar-refractivity contribution in [3.05, 3.63) is 27.5 Å². The third-order valence-corrected chi connectivity index (χ3v) is 2.05. The highest BCUT2D eigenvalue weighted by atomic mass is 16.3. The first kappa shape index (κ1) is 10.3. The summed E-state index contributed by atoms with van der Waals surface area (Å²) in [5.41, 5.74) is 0.170. The molecule has 1 aromatic heterocycles. The first-order valence-electron chi connectivity index (χ1n) is 4.34. The fourth-order valence-corrected chi connectivity index (χ4v) is 1.36. The van der Waals surface area contributed by atoms with Gasteiger partial charge in [0.05, 0.1) is 0 Å². The molecule has 0 bridgehead atoms. The highest BCUT2D eigenvalue weighted by Crippen LogP contribution is 2.16. The number of nitrogens with zero attached hydrogens (tertiary/aromatic N) is 2. The zero-order valence-corrected chi connectivity index (χ0v) is 8.40. The summed E-state index contributed by atoms with van der Waals surface area (Å²) < 4.78 is 1.20. The average Bonchev–Trinajstić information content (AvgIpc) is 2.02. The van der Waals surface area contributed by atoms with Crippen LogP contribution in [0.1, 0.15) is 31.0 Å². The van der Waals surface area contributed by atoms with Crippen LogP contribution in [0.15, 0.2) is 10.9 Å². The van der Waals surface area contributed by atoms with Crippen LogP contribution in [0, 0.1) is 18.3 Å². The van der Waals surface area contributed by atoms with Gasteiger partial charge in [-0.25, -0.2) is 0 Å². The van der Waals surface area contributed by atoms with E-state index in [-0.39, 0.29) is 17.5 Å². The molecule has 0 saturated heterocycles. The van der Waals surface area contributed by atoms with Gasteiger partial charge in [0.25, 0.3) is 5.56 Å². The van der Waals surface area contributed by atoms with E-state index < -0.39 is 5.56 Å². The first-order chi connectivity index (χ1) is 6.49. The molecule has 1 heterocycles. The maximum absolute atomic E-state index is 11.7. The molecule has 0 aliphatic carbocycles. The van der Waals surface area contributed by atoms with E-state index in [0.717, 1.165) is 0 Å². The molecule has 0 aliphatic heterocycles. The molecule has 1 aromatic rings. The minimum absolute atomic E-state index is 0.0940. The predicted octanol–water partition coefficient (Wildman–Crippen LogP) is 1.31. The van der Waals surface area contributed by atoms with Crippen LogP contribution in [0.5, 0.6) is 5.88 Å². The summed E-state index contributed by atoms with van der Waals surface area (Å²) in [6.45, 7) is 5.18. The molecule has 0 fully saturated rings. The van der Waals surface area contributed by atoms with Gasteiger partial charge in [0.1, 0.15) is 11.6 Å². The van der Waals surface area contributed by atoms with Gasteiger partial charge in [0.15, 0.2) is 5.88 Å². The lowest BCUT2D eigenvalue weighted by Gasteiger charge is -2.13. The zero-order valence-electron chi connectivity index (χ0n) is 8.40. The Kier molecular flexibility index (Phi) is 2.61. The van der Waals surface area contributed by atoms with Crippen LogP contribution in [-0.4, -0.2) is 9.67 Å². The monoisotopic (exact) mass is 192 g/mol. The van der Waals surface area contributed by atoms with Crippen molar-refractivity contribution >= 4 is 0 Å². The van der Waals surface area contributed by atoms with Gasteiger partial charge in [-0.3, -0.25) is 9.36 Å². The molecule has 0 unspecified atom stereocenters. The van der Waals surface area contributed by atoms with Crippen LogP contribution in [-0.2, 0) is 0 Å². The van der Waals surface area contributed by atoms with Gasteiger partial charge in [-0.05, 0) is 26.3 Å². The molecule has 4 heteroatoms. The molecule has 1 N–H and O–H groups in total. The van der Waals surface area contributed by atoms with E-state index in [9.17, 15) is 9.90 Å². The molecule has 0 aromatic carbocycles. The standard InChI is InChI=1S/C10H12N2O2/c1-6(2)12-9(13)4-7(3)8(5-11)10(12)14/h4,6,13H,1-3H3. The normalized spacial score (nSPS) is 10.2. The third kappa shape index (κ3) is 1.49. The molecule has 0 amide bonds. The highest BCUT2D eigenvalue weighted by molar-refractivity contribution is 5.37. The summed E-state index contributed by atoms with van der Waals surface area (Å²) in [5.74, 6) is -0.0958. The third-order valence-electron chi connectivity index (χ3n) is 2.05. The Balaban J connectivity index is 3.63. The maximum Gasteiger partial charge on any atom is 0.271 e. The van der Waals surface area contributed by atoms with Crippen molar-refractivity contribution in [2.75, 3.05) is 0 Å². The minimum Gasteiger partial charge on any atom is -0.494 e. The Labute approximate surface area is 82.0 Å². The number of hydrogen-bond acceptors (Lipinski definition) is 3. The zero-order chi connectivity index (χ0) is 10.9. The van der Waals surface area contributed by atoms with E-state index in [2.05, 4.69) is 0 Å². The van der Waals surface area contributed by atoms with Crippen LogP contribution >= 0.6 is 0 Å². The summed E-state index contributed by atoms with van der Waals surface area (Å²) in [5, 5.41) is 18.3. The van der Waals surface area contributed by atoms with E-state index in [4.69, 9.17) is 5.26 Å². The Morgan fingerprint density at radius 1 is 1.57 bits per heavy atom. The van der Waals surface area contributed by atoms with Crippen LogP contribution in [0.2, 0.25) is 0 Å². The molecular weight excluding hydrogens is 180 g/mol. The second-order valence-corrected chi connectivity index (χ2v) is 3.44. The number of hydrogen-bond donors (Lipinski definition) is 1. The quantitative estimate of drug-likeness (QED) is 0.729. The molecular formula is C10H12N2O2. The van der Waals surface area contributed by atoms with Crippen molar-refractivity contribution in [2.24, 2.45) is 0 Å². The lowest BCUT2D eigenvalue weighted by molar-refractivity contribution is 0.387. The van der Waals surface area contributed by atoms with Crippen molar-refractivity contribution in [3.63, 3.8) is 0 Å². The van der Waals surface area contributed by atoms with Crippen LogP contribution in [0.4, 0.5) is 0 Å². The minimum atomic E-state index is -0.431. The van der Waals surface area contributed by atoms with Crippen LogP contribution < -0.4 is 5.56 Å². The van der Waals surface area contributed by atoms with Crippen LogP contribution in [0.25, 0.3) is 0 Å². The van der Waals surface area contributed by atoms with Crippen molar-refractivity contribution in [1.29, 1.82) is 5.26 Å². The number of aromatic nitrogens is 1. The summed E-state index contributed by atoms with van der Waals surface area (Å²) >= 11 is 0. The summed E-state index contributed by atoms with van der Waals surface area (Å²) in [7, 11) is 0. The van der Waals surface area contributed by atoms with E-state index in [1.165, 1.54) is 10.6 Å². The van der Waals surface area contributed by atoms with E-state index in [1.807, 2.05) is 6.07 Å². The molecule has 4 nitrogen and oxygen atoms in total. The largest absolute Gasteiger partial charge is 0.494 e. The predicted molar refractivity (Wildman–Crippen MR) is 52.2 cm³/mol. The molecule has 0 aliphatic rings. The Morgan fingerprint density at radius 2 is 2.14 bits per heavy atom. The van der Waals surface area contributed by atoms with Gasteiger partial charge in [-0.1, -0.05) is 0 Å². The van der Waals surface area contributed by atoms with Gasteiger partial charge in [0, 0.05) is 12.1 Å². The molecule has 14 heavy (non-hydrogen) atoms. The van der Waals surface area contributed by atoms with Crippen molar-refractivity contribution < 1.29 is 5.11 Å². The smallest absolute Gasteiger partial charge is 0.271 e. The van der Waals surface area contributed by atoms with E-state index in [1.54, 1.807) is 20.8 Å². The Bertz CT molecular complexity index is 452. The number of nitriles is 1. The maximum atomic E-state index is 11.7. The molecule has 0 saturated carbocycles. The Morgan fingerprint density at radius 3 is 2.57 bits per heavy atom. The summed E-state index contributed by atoms with van der Waals surface area (Å²) in [6, 6.07) is 3.11. The molecule has 0 atom stereocenters. The molecule has 1 rings (SSSR count). The molecule has 0 spiro atoms. The molecule has 0 radical (unpaired) electrons. The fourth-order valence-electron chi connectivity index (χ4n) is 1.36. The van der Waals surface area contributed by atoms with E-state index >= 15 is 0 Å². The number of aryl methyl sites for hydroxylation is 1. The number of rotatable bonds is 1. The van der Waals surface area contributed by atoms with E-state index in [0.29, 0.717) is 5.56 Å². The van der Waals surface area contributed by atoms with Gasteiger partial charge < -0.3 is 5.11 Å². The van der Waals surface area contributed by atoms with Crippen molar-refractivity contribution in [3.8, 4) is 11.9 Å². The average molecular weight is 192 g/mol. The second-order valence-electron chi connectivity index (χ2n) is 3.44. The lowest BCUT2D eigenvalue weighted by Crippen LogP contribution is -2.24. The van der Waals surface area contributed by atoms with Crippen molar-refractivity contribution in [1.82, 2.24) is 4.57 Å². The first-order valence-corrected chi connectivity index (χ1v) is 4.34. The van der Waals surface area contributed by atoms with Gasteiger partial charge in [0.2, 0.25) is 0 Å². The number of aromatic hydroxyl groups is 1. The van der Waals surface area contributed by atoms with Crippen LogP contribution in [0.3, 0.4) is 0 Å². The summed E-state index contributed by atoms with van der Waals surface area (Å²) in [4.78, 5) is 11.7. The second kappa shape index (κ2) is 3.54. The Hall–Kier alpha value is -1.76. The van der Waals surface area contributed by atoms with Crippen molar-refractivity contribution in [2.45, 2.75) is 26.8 Å². The topological polar surface area (TPSA) is 66.0 Å². The summed E-state index contributed by atoms with van der Waals surface area (Å²) in [6.07, 6.45) is 0. The van der Waals surface area contributed by atoms with Gasteiger partial charge >= 0.3 is 0 Å². The molecule has 74 valence electrons. The highest BCUT2D eigenvalue weighted by Gasteiger charge is 2.13. The lowest BCUT2D eigenvalue weighted by atomic mass is 10.1. The van der Waals surface area contributed by atoms with Gasteiger partial charge in [-0.2, -0.15) is 5.26 Å². The fraction of sp³-hybridized carbons (Fsp3) is 0.400. The number of pyridine rings is 1.